The number of carboxylic acid groups (broad SMARTS) is 1. The normalized spacial score (nSPS) is 12.0. The highest BCUT2D eigenvalue weighted by Crippen LogP contribution is 2.31. The van der Waals surface area contributed by atoms with E-state index in [1.54, 1.807) is 0 Å². The summed E-state index contributed by atoms with van der Waals surface area (Å²) in [6.07, 6.45) is 0.402. The smallest absolute Gasteiger partial charge is 0.311 e. The predicted molar refractivity (Wildman–Crippen MR) is 95.6 cm³/mol. The lowest BCUT2D eigenvalue weighted by Crippen LogP contribution is -2.15. The summed E-state index contributed by atoms with van der Waals surface area (Å²) in [5.41, 5.74) is 1.76. The van der Waals surface area contributed by atoms with Crippen molar-refractivity contribution in [2.24, 2.45) is 0 Å². The minimum absolute atomic E-state index is 0.402. The molecule has 3 nitrogen and oxygen atoms in total. The monoisotopic (exact) mass is 320 g/mol. The number of aliphatic carboxylic acids is 1. The van der Waals surface area contributed by atoms with Crippen LogP contribution in [0.5, 0.6) is 5.75 Å². The third-order valence-corrected chi connectivity index (χ3v) is 4.19. The molecule has 0 aliphatic carbocycles. The number of hydrogen-bond acceptors (Lipinski definition) is 2. The number of fused-ring (bicyclic) bond motifs is 1. The van der Waals surface area contributed by atoms with E-state index < -0.39 is 11.9 Å². The fourth-order valence-corrected chi connectivity index (χ4v) is 3.07. The molecule has 24 heavy (non-hydrogen) atoms. The van der Waals surface area contributed by atoms with Crippen molar-refractivity contribution in [1.82, 2.24) is 0 Å². The molecule has 0 saturated carbocycles. The van der Waals surface area contributed by atoms with Crippen LogP contribution in [0.4, 0.5) is 0 Å². The predicted octanol–water partition coefficient (Wildman–Crippen LogP) is 4.65. The van der Waals surface area contributed by atoms with E-state index in [-0.39, 0.29) is 0 Å². The zero-order valence-corrected chi connectivity index (χ0v) is 13.6. The second-order valence-electron chi connectivity index (χ2n) is 5.70. The summed E-state index contributed by atoms with van der Waals surface area (Å²) in [6.45, 7) is 2.49. The minimum Gasteiger partial charge on any atom is -0.494 e. The third-order valence-electron chi connectivity index (χ3n) is 4.19. The van der Waals surface area contributed by atoms with Crippen LogP contribution in [-0.2, 0) is 11.2 Å². The number of para-hydroxylation sites is 1. The standard InChI is InChI=1S/C21H20O3/c1-2-24-20-13-6-4-9-16(20)14-19(21(22)23)18-12-7-10-15-8-3-5-11-17(15)18/h3-13,19H,2,14H2,1H3,(H,22,23). The number of hydrogen-bond donors (Lipinski definition) is 1. The molecule has 1 atom stereocenters. The average molecular weight is 320 g/mol. The zero-order valence-electron chi connectivity index (χ0n) is 13.6. The van der Waals surface area contributed by atoms with Gasteiger partial charge in [0, 0.05) is 0 Å². The van der Waals surface area contributed by atoms with Gasteiger partial charge in [-0.2, -0.15) is 0 Å². The molecule has 3 aromatic rings. The Morgan fingerprint density at radius 1 is 1.00 bits per heavy atom. The van der Waals surface area contributed by atoms with Gasteiger partial charge in [0.1, 0.15) is 5.75 Å². The minimum atomic E-state index is -0.822. The Bertz CT molecular complexity index is 849. The van der Waals surface area contributed by atoms with Crippen LogP contribution in [0, 0.1) is 0 Å². The molecule has 0 radical (unpaired) electrons. The van der Waals surface area contributed by atoms with Crippen molar-refractivity contribution in [3.8, 4) is 5.75 Å². The molecule has 1 N–H and O–H groups in total. The molecule has 0 aliphatic rings. The zero-order chi connectivity index (χ0) is 16.9. The molecule has 0 aromatic heterocycles. The maximum Gasteiger partial charge on any atom is 0.311 e. The van der Waals surface area contributed by atoms with Crippen LogP contribution in [0.3, 0.4) is 0 Å². The second-order valence-corrected chi connectivity index (χ2v) is 5.70. The number of rotatable bonds is 6. The maximum absolute atomic E-state index is 12.0. The van der Waals surface area contributed by atoms with Crippen LogP contribution in [0.2, 0.25) is 0 Å². The molecule has 0 fully saturated rings. The summed E-state index contributed by atoms with van der Waals surface area (Å²) in [4.78, 5) is 12.0. The SMILES string of the molecule is CCOc1ccccc1CC(C(=O)O)c1cccc2ccccc12. The van der Waals surface area contributed by atoms with E-state index in [2.05, 4.69) is 0 Å². The molecule has 0 heterocycles. The van der Waals surface area contributed by atoms with Gasteiger partial charge in [0.2, 0.25) is 0 Å². The fraction of sp³-hybridized carbons (Fsp3) is 0.190. The quantitative estimate of drug-likeness (QED) is 0.719. The van der Waals surface area contributed by atoms with Crippen LogP contribution in [0.1, 0.15) is 24.0 Å². The molecule has 122 valence electrons. The van der Waals surface area contributed by atoms with Gasteiger partial charge in [-0.1, -0.05) is 60.7 Å². The molecule has 0 amide bonds. The topological polar surface area (TPSA) is 46.5 Å². The van der Waals surface area contributed by atoms with E-state index in [9.17, 15) is 9.90 Å². The van der Waals surface area contributed by atoms with Crippen LogP contribution >= 0.6 is 0 Å². The molecular weight excluding hydrogens is 300 g/mol. The van der Waals surface area contributed by atoms with E-state index in [4.69, 9.17) is 4.74 Å². The van der Waals surface area contributed by atoms with Gasteiger partial charge in [-0.25, -0.2) is 0 Å². The summed E-state index contributed by atoms with van der Waals surface area (Å²) in [5.74, 6) is -0.679. The molecule has 3 heteroatoms. The molecule has 3 rings (SSSR count). The summed E-state index contributed by atoms with van der Waals surface area (Å²) in [6, 6.07) is 21.4. The van der Waals surface area contributed by atoms with E-state index in [0.29, 0.717) is 13.0 Å². The third kappa shape index (κ3) is 3.25. The Morgan fingerprint density at radius 3 is 2.50 bits per heavy atom. The van der Waals surface area contributed by atoms with E-state index in [0.717, 1.165) is 27.6 Å². The number of carboxylic acids is 1. The summed E-state index contributed by atoms with van der Waals surface area (Å²) >= 11 is 0. The first kappa shape index (κ1) is 16.1. The van der Waals surface area contributed by atoms with E-state index in [1.165, 1.54) is 0 Å². The first-order valence-corrected chi connectivity index (χ1v) is 8.12. The van der Waals surface area contributed by atoms with Gasteiger partial charge in [0.05, 0.1) is 12.5 Å². The van der Waals surface area contributed by atoms with Crippen LogP contribution < -0.4 is 4.74 Å². The molecule has 0 bridgehead atoms. The van der Waals surface area contributed by atoms with Crippen molar-refractivity contribution in [2.75, 3.05) is 6.61 Å². The van der Waals surface area contributed by atoms with Crippen molar-refractivity contribution in [2.45, 2.75) is 19.3 Å². The molecule has 0 saturated heterocycles. The Balaban J connectivity index is 2.04. The van der Waals surface area contributed by atoms with Crippen molar-refractivity contribution < 1.29 is 14.6 Å². The first-order valence-electron chi connectivity index (χ1n) is 8.12. The van der Waals surface area contributed by atoms with Crippen LogP contribution in [0.15, 0.2) is 66.7 Å². The molecular formula is C21H20O3. The van der Waals surface area contributed by atoms with Crippen molar-refractivity contribution in [1.29, 1.82) is 0 Å². The van der Waals surface area contributed by atoms with Gasteiger partial charge in [-0.05, 0) is 41.3 Å². The maximum atomic E-state index is 12.0. The first-order chi connectivity index (χ1) is 11.7. The van der Waals surface area contributed by atoms with Crippen molar-refractivity contribution in [3.05, 3.63) is 77.9 Å². The average Bonchev–Trinajstić information content (AvgIpc) is 2.60. The summed E-state index contributed by atoms with van der Waals surface area (Å²) in [5, 5.41) is 11.9. The summed E-state index contributed by atoms with van der Waals surface area (Å²) < 4.78 is 5.65. The summed E-state index contributed by atoms with van der Waals surface area (Å²) in [7, 11) is 0. The van der Waals surface area contributed by atoms with Gasteiger partial charge in [0.15, 0.2) is 0 Å². The molecule has 0 aliphatic heterocycles. The fourth-order valence-electron chi connectivity index (χ4n) is 3.07. The molecule has 3 aromatic carbocycles. The number of carbonyl (C=O) groups is 1. The lowest BCUT2D eigenvalue weighted by Gasteiger charge is -2.17. The number of benzene rings is 3. The number of ether oxygens (including phenoxy) is 1. The highest BCUT2D eigenvalue weighted by atomic mass is 16.5. The Hall–Kier alpha value is -2.81. The van der Waals surface area contributed by atoms with Gasteiger partial charge in [-0.15, -0.1) is 0 Å². The Kier molecular flexibility index (Phi) is 4.80. The van der Waals surface area contributed by atoms with E-state index in [1.807, 2.05) is 73.7 Å². The molecule has 0 spiro atoms. The van der Waals surface area contributed by atoms with Crippen LogP contribution in [0.25, 0.3) is 10.8 Å². The van der Waals surface area contributed by atoms with Gasteiger partial charge < -0.3 is 9.84 Å². The van der Waals surface area contributed by atoms with Gasteiger partial charge >= 0.3 is 5.97 Å². The highest BCUT2D eigenvalue weighted by Gasteiger charge is 2.23. The largest absolute Gasteiger partial charge is 0.494 e. The Morgan fingerprint density at radius 2 is 1.71 bits per heavy atom. The van der Waals surface area contributed by atoms with Gasteiger partial charge in [0.25, 0.3) is 0 Å². The van der Waals surface area contributed by atoms with E-state index >= 15 is 0 Å². The van der Waals surface area contributed by atoms with Crippen molar-refractivity contribution >= 4 is 16.7 Å². The highest BCUT2D eigenvalue weighted by molar-refractivity contribution is 5.90. The second kappa shape index (κ2) is 7.18. The lowest BCUT2D eigenvalue weighted by molar-refractivity contribution is -0.138. The Labute approximate surface area is 141 Å². The lowest BCUT2D eigenvalue weighted by atomic mass is 9.88. The molecule has 1 unspecified atom stereocenters. The van der Waals surface area contributed by atoms with Crippen molar-refractivity contribution in [3.63, 3.8) is 0 Å². The van der Waals surface area contributed by atoms with Gasteiger partial charge in [-0.3, -0.25) is 4.79 Å². The van der Waals surface area contributed by atoms with Crippen LogP contribution in [-0.4, -0.2) is 17.7 Å².